The minimum Gasteiger partial charge on any atom is -0.462 e. The van der Waals surface area contributed by atoms with E-state index in [1.807, 2.05) is 30.4 Å². The summed E-state index contributed by atoms with van der Waals surface area (Å²) in [6.07, 6.45) is 65.0. The van der Waals surface area contributed by atoms with Crippen molar-refractivity contribution in [1.82, 2.24) is 0 Å². The van der Waals surface area contributed by atoms with Crippen molar-refractivity contribution in [2.75, 3.05) is 13.2 Å². The molecule has 6 nitrogen and oxygen atoms in total. The van der Waals surface area contributed by atoms with Gasteiger partial charge in [-0.15, -0.1) is 0 Å². The Morgan fingerprint density at radius 2 is 0.625 bits per heavy atom. The summed E-state index contributed by atoms with van der Waals surface area (Å²) in [5, 5.41) is 0. The molecule has 0 radical (unpaired) electrons. The lowest BCUT2D eigenvalue weighted by atomic mass is 10.0. The Labute approximate surface area is 396 Å². The number of carbonyl (C=O) groups excluding carboxylic acids is 3. The fourth-order valence-corrected chi connectivity index (χ4v) is 7.74. The van der Waals surface area contributed by atoms with Crippen LogP contribution in [0.25, 0.3) is 0 Å². The molecule has 0 bridgehead atoms. The van der Waals surface area contributed by atoms with Gasteiger partial charge in [0.05, 0.1) is 0 Å². The molecule has 0 amide bonds. The van der Waals surface area contributed by atoms with Crippen molar-refractivity contribution in [2.45, 2.75) is 277 Å². The first kappa shape index (κ1) is 61.1. The standard InChI is InChI=1S/C58H102O6/c1-4-7-10-13-16-19-22-25-27-28-29-30-31-34-36-39-42-45-48-51-57(60)63-54-55(53-62-56(59)50-47-44-41-38-35-32-24-21-18-15-12-9-6-3)64-58(61)52-49-46-43-40-37-33-26-23-20-17-14-11-8-5-2/h9,12,15,18,21,24,28-29,32,35,55H,4-8,10-11,13-14,16-17,19-20,22-23,25-27,30-31,33-34,36-54H2,1-3H3/b12-9+,18-15+,24-21+,29-28+,35-32+. The van der Waals surface area contributed by atoms with E-state index in [1.165, 1.54) is 161 Å². The molecule has 0 fully saturated rings. The highest BCUT2D eigenvalue weighted by Crippen LogP contribution is 2.16. The highest BCUT2D eigenvalue weighted by molar-refractivity contribution is 5.71. The molecule has 0 aliphatic carbocycles. The van der Waals surface area contributed by atoms with Gasteiger partial charge in [-0.3, -0.25) is 14.4 Å². The zero-order valence-electron chi connectivity index (χ0n) is 42.3. The Morgan fingerprint density at radius 1 is 0.328 bits per heavy atom. The Kier molecular flexibility index (Phi) is 50.4. The summed E-state index contributed by atoms with van der Waals surface area (Å²) < 4.78 is 16.8. The van der Waals surface area contributed by atoms with Crippen molar-refractivity contribution in [3.05, 3.63) is 60.8 Å². The SMILES string of the molecule is CC/C=C/C=C/C=C/C=C/CCCCCC(=O)OCC(COC(=O)CCCCCCCCC/C=C/CCCCCCCCCC)OC(=O)CCCCCCCCCCCCCCCC. The molecule has 0 aliphatic rings. The smallest absolute Gasteiger partial charge is 0.306 e. The third-order valence-electron chi connectivity index (χ3n) is 11.9. The van der Waals surface area contributed by atoms with Gasteiger partial charge in [0.15, 0.2) is 6.10 Å². The average Bonchev–Trinajstić information content (AvgIpc) is 3.29. The Bertz CT molecular complexity index is 1170. The molecule has 0 aromatic rings. The number of hydrogen-bond donors (Lipinski definition) is 0. The molecular weight excluding hydrogens is 793 g/mol. The zero-order valence-corrected chi connectivity index (χ0v) is 42.3. The Hall–Kier alpha value is -2.89. The summed E-state index contributed by atoms with van der Waals surface area (Å²) in [5.41, 5.74) is 0. The third-order valence-corrected chi connectivity index (χ3v) is 11.9. The highest BCUT2D eigenvalue weighted by atomic mass is 16.6. The number of ether oxygens (including phenoxy) is 3. The van der Waals surface area contributed by atoms with Crippen molar-refractivity contribution in [1.29, 1.82) is 0 Å². The van der Waals surface area contributed by atoms with Gasteiger partial charge in [-0.1, -0.05) is 248 Å². The molecule has 0 saturated heterocycles. The van der Waals surface area contributed by atoms with Crippen molar-refractivity contribution in [2.24, 2.45) is 0 Å². The second kappa shape index (κ2) is 52.7. The monoisotopic (exact) mass is 895 g/mol. The quantitative estimate of drug-likeness (QED) is 0.0199. The van der Waals surface area contributed by atoms with Crippen molar-refractivity contribution >= 4 is 17.9 Å². The fourth-order valence-electron chi connectivity index (χ4n) is 7.74. The van der Waals surface area contributed by atoms with Gasteiger partial charge >= 0.3 is 17.9 Å². The molecule has 6 heteroatoms. The maximum absolute atomic E-state index is 12.8. The summed E-state index contributed by atoms with van der Waals surface area (Å²) >= 11 is 0. The topological polar surface area (TPSA) is 78.9 Å². The van der Waals surface area contributed by atoms with Crippen LogP contribution in [0.15, 0.2) is 60.8 Å². The molecule has 1 atom stereocenters. The van der Waals surface area contributed by atoms with Gasteiger partial charge in [0, 0.05) is 19.3 Å². The van der Waals surface area contributed by atoms with Gasteiger partial charge in [0.25, 0.3) is 0 Å². The van der Waals surface area contributed by atoms with E-state index in [2.05, 4.69) is 51.2 Å². The first-order valence-corrected chi connectivity index (χ1v) is 27.3. The minimum atomic E-state index is -0.789. The molecule has 64 heavy (non-hydrogen) atoms. The predicted octanol–water partition coefficient (Wildman–Crippen LogP) is 18.0. The van der Waals surface area contributed by atoms with Gasteiger partial charge in [-0.05, 0) is 64.2 Å². The molecule has 0 heterocycles. The van der Waals surface area contributed by atoms with Crippen LogP contribution in [0.3, 0.4) is 0 Å². The molecule has 0 spiro atoms. The zero-order chi connectivity index (χ0) is 46.5. The molecule has 0 saturated carbocycles. The van der Waals surface area contributed by atoms with Crippen LogP contribution in [0, 0.1) is 0 Å². The van der Waals surface area contributed by atoms with E-state index in [-0.39, 0.29) is 31.1 Å². The summed E-state index contributed by atoms with van der Waals surface area (Å²) in [7, 11) is 0. The normalized spacial score (nSPS) is 12.5. The molecule has 0 N–H and O–H groups in total. The summed E-state index contributed by atoms with van der Waals surface area (Å²) in [5.74, 6) is -0.923. The van der Waals surface area contributed by atoms with E-state index in [4.69, 9.17) is 14.2 Å². The second-order valence-corrected chi connectivity index (χ2v) is 18.2. The van der Waals surface area contributed by atoms with Crippen molar-refractivity contribution in [3.63, 3.8) is 0 Å². The molecule has 0 aliphatic heterocycles. The van der Waals surface area contributed by atoms with E-state index in [9.17, 15) is 14.4 Å². The number of rotatable bonds is 49. The lowest BCUT2D eigenvalue weighted by Crippen LogP contribution is -2.30. The Balaban J connectivity index is 4.38. The predicted molar refractivity (Wildman–Crippen MR) is 275 cm³/mol. The van der Waals surface area contributed by atoms with E-state index in [1.54, 1.807) is 0 Å². The van der Waals surface area contributed by atoms with Gasteiger partial charge in [0.2, 0.25) is 0 Å². The average molecular weight is 895 g/mol. The van der Waals surface area contributed by atoms with Crippen LogP contribution in [0.1, 0.15) is 271 Å². The lowest BCUT2D eigenvalue weighted by molar-refractivity contribution is -0.167. The number of unbranched alkanes of at least 4 members (excludes halogenated alkanes) is 31. The molecule has 370 valence electrons. The molecular formula is C58H102O6. The number of esters is 3. The first-order chi connectivity index (χ1) is 31.5. The molecule has 0 aromatic carbocycles. The van der Waals surface area contributed by atoms with Crippen LogP contribution in [0.5, 0.6) is 0 Å². The maximum atomic E-state index is 12.8. The van der Waals surface area contributed by atoms with Crippen LogP contribution in [0.2, 0.25) is 0 Å². The Morgan fingerprint density at radius 3 is 1.02 bits per heavy atom. The first-order valence-electron chi connectivity index (χ1n) is 27.3. The van der Waals surface area contributed by atoms with Crippen LogP contribution >= 0.6 is 0 Å². The number of carbonyl (C=O) groups is 3. The van der Waals surface area contributed by atoms with Gasteiger partial charge < -0.3 is 14.2 Å². The fraction of sp³-hybridized carbons (Fsp3) is 0.776. The van der Waals surface area contributed by atoms with E-state index in [0.717, 1.165) is 70.6 Å². The molecule has 0 aromatic heterocycles. The summed E-state index contributed by atoms with van der Waals surface area (Å²) in [4.78, 5) is 38.0. The third kappa shape index (κ3) is 50.1. The highest BCUT2D eigenvalue weighted by Gasteiger charge is 2.19. The van der Waals surface area contributed by atoms with Crippen LogP contribution in [0.4, 0.5) is 0 Å². The van der Waals surface area contributed by atoms with Crippen molar-refractivity contribution < 1.29 is 28.6 Å². The summed E-state index contributed by atoms with van der Waals surface area (Å²) in [6, 6.07) is 0. The van der Waals surface area contributed by atoms with Gasteiger partial charge in [-0.25, -0.2) is 0 Å². The molecule has 1 unspecified atom stereocenters. The maximum Gasteiger partial charge on any atom is 0.306 e. The summed E-state index contributed by atoms with van der Waals surface area (Å²) in [6.45, 7) is 6.48. The van der Waals surface area contributed by atoms with E-state index in [0.29, 0.717) is 19.3 Å². The largest absolute Gasteiger partial charge is 0.462 e. The number of hydrogen-bond acceptors (Lipinski definition) is 6. The number of allylic oxidation sites excluding steroid dienone is 10. The van der Waals surface area contributed by atoms with Gasteiger partial charge in [0.1, 0.15) is 13.2 Å². The lowest BCUT2D eigenvalue weighted by Gasteiger charge is -2.18. The van der Waals surface area contributed by atoms with Gasteiger partial charge in [-0.2, -0.15) is 0 Å². The minimum absolute atomic E-state index is 0.0871. The van der Waals surface area contributed by atoms with Crippen LogP contribution in [-0.2, 0) is 28.6 Å². The van der Waals surface area contributed by atoms with E-state index >= 15 is 0 Å². The van der Waals surface area contributed by atoms with Crippen molar-refractivity contribution in [3.8, 4) is 0 Å². The van der Waals surface area contributed by atoms with Crippen LogP contribution in [-0.4, -0.2) is 37.2 Å². The van der Waals surface area contributed by atoms with Crippen LogP contribution < -0.4 is 0 Å². The van der Waals surface area contributed by atoms with E-state index < -0.39 is 6.10 Å². The second-order valence-electron chi connectivity index (χ2n) is 18.2. The molecule has 0 rings (SSSR count).